The Morgan fingerprint density at radius 2 is 1.94 bits per heavy atom. The van der Waals surface area contributed by atoms with Crippen molar-refractivity contribution in [1.29, 1.82) is 0 Å². The molecule has 1 aliphatic rings. The molecule has 1 aliphatic carbocycles. The van der Waals surface area contributed by atoms with Gasteiger partial charge in [-0.05, 0) is 56.1 Å². The van der Waals surface area contributed by atoms with Crippen LogP contribution in [0.15, 0.2) is 12.1 Å². The van der Waals surface area contributed by atoms with Crippen LogP contribution in [0.3, 0.4) is 0 Å². The topological polar surface area (TPSA) is 26.0 Å². The van der Waals surface area contributed by atoms with Crippen molar-refractivity contribution in [1.82, 2.24) is 0 Å². The Kier molecular flexibility index (Phi) is 3.41. The molecule has 1 atom stereocenters. The lowest BCUT2D eigenvalue weighted by Gasteiger charge is -2.36. The van der Waals surface area contributed by atoms with E-state index in [9.17, 15) is 0 Å². The lowest BCUT2D eigenvalue weighted by molar-refractivity contribution is 0.174. The van der Waals surface area contributed by atoms with Crippen molar-refractivity contribution < 1.29 is 0 Å². The number of thiophene rings is 1. The highest BCUT2D eigenvalue weighted by atomic mass is 32.1. The minimum atomic E-state index is 0.273. The van der Waals surface area contributed by atoms with Crippen LogP contribution in [0.1, 0.15) is 55.3 Å². The van der Waals surface area contributed by atoms with E-state index in [1.54, 1.807) is 0 Å². The lowest BCUT2D eigenvalue weighted by Crippen LogP contribution is -2.28. The minimum absolute atomic E-state index is 0.273. The molecule has 1 aromatic rings. The molecule has 1 heterocycles. The van der Waals surface area contributed by atoms with Gasteiger partial charge in [-0.15, -0.1) is 11.3 Å². The Morgan fingerprint density at radius 3 is 2.44 bits per heavy atom. The van der Waals surface area contributed by atoms with E-state index in [4.69, 9.17) is 5.73 Å². The second-order valence-corrected chi connectivity index (χ2v) is 7.30. The molecule has 0 aliphatic heterocycles. The van der Waals surface area contributed by atoms with Crippen molar-refractivity contribution in [3.05, 3.63) is 21.9 Å². The van der Waals surface area contributed by atoms with Gasteiger partial charge in [-0.3, -0.25) is 0 Å². The SMILES string of the molecule is Cc1ccc(C(N)C2CCC(C)(C)CC2)s1. The van der Waals surface area contributed by atoms with Gasteiger partial charge in [0.1, 0.15) is 0 Å². The summed E-state index contributed by atoms with van der Waals surface area (Å²) in [7, 11) is 0. The normalized spacial score (nSPS) is 23.2. The molecule has 1 unspecified atom stereocenters. The van der Waals surface area contributed by atoms with Crippen LogP contribution in [0.5, 0.6) is 0 Å². The number of aryl methyl sites for hydroxylation is 1. The van der Waals surface area contributed by atoms with Gasteiger partial charge in [0.15, 0.2) is 0 Å². The van der Waals surface area contributed by atoms with E-state index in [1.165, 1.54) is 35.4 Å². The van der Waals surface area contributed by atoms with Gasteiger partial charge >= 0.3 is 0 Å². The van der Waals surface area contributed by atoms with E-state index in [2.05, 4.69) is 32.9 Å². The zero-order chi connectivity index (χ0) is 11.8. The van der Waals surface area contributed by atoms with Gasteiger partial charge in [-0.2, -0.15) is 0 Å². The maximum atomic E-state index is 6.38. The summed E-state index contributed by atoms with van der Waals surface area (Å²) in [4.78, 5) is 2.75. The van der Waals surface area contributed by atoms with Crippen molar-refractivity contribution in [2.75, 3.05) is 0 Å². The highest BCUT2D eigenvalue weighted by Gasteiger charge is 2.30. The third-order valence-corrected chi connectivity index (χ3v) is 5.08. The molecule has 0 radical (unpaired) electrons. The average molecular weight is 237 g/mol. The first-order chi connectivity index (χ1) is 7.48. The van der Waals surface area contributed by atoms with Gasteiger partial charge in [0.05, 0.1) is 0 Å². The molecule has 1 saturated carbocycles. The first-order valence-electron chi connectivity index (χ1n) is 6.30. The van der Waals surface area contributed by atoms with E-state index in [0.717, 1.165) is 0 Å². The number of hydrogen-bond donors (Lipinski definition) is 1. The molecule has 0 saturated heterocycles. The van der Waals surface area contributed by atoms with Crippen LogP contribution < -0.4 is 5.73 Å². The fourth-order valence-corrected chi connectivity index (χ4v) is 3.62. The molecule has 2 N–H and O–H groups in total. The van der Waals surface area contributed by atoms with Crippen LogP contribution in [-0.2, 0) is 0 Å². The van der Waals surface area contributed by atoms with Crippen molar-refractivity contribution in [3.63, 3.8) is 0 Å². The standard InChI is InChI=1S/C14H23NS/c1-10-4-5-12(16-10)13(15)11-6-8-14(2,3)9-7-11/h4-5,11,13H,6-9,15H2,1-3H3. The summed E-state index contributed by atoms with van der Waals surface area (Å²) in [6.45, 7) is 6.92. The lowest BCUT2D eigenvalue weighted by atomic mass is 9.71. The quantitative estimate of drug-likeness (QED) is 0.816. The largest absolute Gasteiger partial charge is 0.323 e. The maximum Gasteiger partial charge on any atom is 0.0418 e. The number of hydrogen-bond acceptors (Lipinski definition) is 2. The third kappa shape index (κ3) is 2.67. The molecule has 1 fully saturated rings. The van der Waals surface area contributed by atoms with Crippen molar-refractivity contribution in [2.24, 2.45) is 17.1 Å². The Balaban J connectivity index is 1.99. The molecule has 0 aromatic carbocycles. The fraction of sp³-hybridized carbons (Fsp3) is 0.714. The molecule has 1 nitrogen and oxygen atoms in total. The molecule has 2 rings (SSSR count). The maximum absolute atomic E-state index is 6.38. The smallest absolute Gasteiger partial charge is 0.0418 e. The van der Waals surface area contributed by atoms with Crippen LogP contribution in [0, 0.1) is 18.3 Å². The summed E-state index contributed by atoms with van der Waals surface area (Å²) >= 11 is 1.86. The van der Waals surface area contributed by atoms with E-state index < -0.39 is 0 Å². The molecule has 0 bridgehead atoms. The Hall–Kier alpha value is -0.340. The van der Waals surface area contributed by atoms with Crippen LogP contribution in [-0.4, -0.2) is 0 Å². The van der Waals surface area contributed by atoms with Crippen LogP contribution in [0.4, 0.5) is 0 Å². The van der Waals surface area contributed by atoms with Gasteiger partial charge in [0, 0.05) is 15.8 Å². The monoisotopic (exact) mass is 237 g/mol. The predicted octanol–water partition coefficient (Wildman–Crippen LogP) is 4.27. The summed E-state index contributed by atoms with van der Waals surface area (Å²) in [6.07, 6.45) is 5.25. The molecule has 90 valence electrons. The third-order valence-electron chi connectivity index (χ3n) is 3.98. The van der Waals surface area contributed by atoms with Gasteiger partial charge in [-0.25, -0.2) is 0 Å². The molecular formula is C14H23NS. The zero-order valence-corrected chi connectivity index (χ0v) is 11.4. The highest BCUT2D eigenvalue weighted by Crippen LogP contribution is 2.42. The Morgan fingerprint density at radius 1 is 1.31 bits per heavy atom. The van der Waals surface area contributed by atoms with E-state index in [1.807, 2.05) is 11.3 Å². The van der Waals surface area contributed by atoms with Gasteiger partial charge in [0.25, 0.3) is 0 Å². The molecule has 16 heavy (non-hydrogen) atoms. The summed E-state index contributed by atoms with van der Waals surface area (Å²) in [5.41, 5.74) is 6.93. The van der Waals surface area contributed by atoms with Crippen LogP contribution >= 0.6 is 11.3 Å². The summed E-state index contributed by atoms with van der Waals surface area (Å²) in [5, 5.41) is 0. The summed E-state index contributed by atoms with van der Waals surface area (Å²) < 4.78 is 0. The van der Waals surface area contributed by atoms with Gasteiger partial charge in [-0.1, -0.05) is 13.8 Å². The van der Waals surface area contributed by atoms with E-state index in [-0.39, 0.29) is 6.04 Å². The molecular weight excluding hydrogens is 214 g/mol. The predicted molar refractivity (Wildman–Crippen MR) is 71.7 cm³/mol. The highest BCUT2D eigenvalue weighted by molar-refractivity contribution is 7.12. The second kappa shape index (κ2) is 4.50. The molecule has 0 spiro atoms. The first-order valence-corrected chi connectivity index (χ1v) is 7.11. The average Bonchev–Trinajstić information content (AvgIpc) is 2.64. The van der Waals surface area contributed by atoms with E-state index >= 15 is 0 Å². The molecule has 2 heteroatoms. The van der Waals surface area contributed by atoms with Crippen LogP contribution in [0.25, 0.3) is 0 Å². The Labute approximate surface area is 103 Å². The summed E-state index contributed by atoms with van der Waals surface area (Å²) in [5.74, 6) is 0.700. The number of nitrogens with two attached hydrogens (primary N) is 1. The summed E-state index contributed by atoms with van der Waals surface area (Å²) in [6, 6.07) is 4.67. The van der Waals surface area contributed by atoms with Gasteiger partial charge < -0.3 is 5.73 Å². The fourth-order valence-electron chi connectivity index (χ4n) is 2.65. The van der Waals surface area contributed by atoms with Crippen molar-refractivity contribution in [2.45, 2.75) is 52.5 Å². The van der Waals surface area contributed by atoms with Crippen molar-refractivity contribution in [3.8, 4) is 0 Å². The zero-order valence-electron chi connectivity index (χ0n) is 10.6. The van der Waals surface area contributed by atoms with Gasteiger partial charge in [0.2, 0.25) is 0 Å². The van der Waals surface area contributed by atoms with Crippen LogP contribution in [0.2, 0.25) is 0 Å². The molecule has 0 amide bonds. The minimum Gasteiger partial charge on any atom is -0.323 e. The Bertz CT molecular complexity index is 343. The second-order valence-electron chi connectivity index (χ2n) is 5.98. The van der Waals surface area contributed by atoms with E-state index in [0.29, 0.717) is 11.3 Å². The number of rotatable bonds is 2. The van der Waals surface area contributed by atoms with Crippen molar-refractivity contribution >= 4 is 11.3 Å². The molecule has 1 aromatic heterocycles. The first kappa shape index (κ1) is 12.1.